The third-order valence-electron chi connectivity index (χ3n) is 3.43. The van der Waals surface area contributed by atoms with Gasteiger partial charge in [0.15, 0.2) is 9.84 Å². The number of sulfone groups is 1. The summed E-state index contributed by atoms with van der Waals surface area (Å²) in [5.41, 5.74) is 1.85. The molecule has 22 heavy (non-hydrogen) atoms. The smallest absolute Gasteiger partial charge is 0.175 e. The Morgan fingerprint density at radius 2 is 1.64 bits per heavy atom. The van der Waals surface area contributed by atoms with Crippen LogP contribution >= 0.6 is 0 Å². The lowest BCUT2D eigenvalue weighted by Crippen LogP contribution is -2.10. The molecule has 2 rings (SSSR count). The summed E-state index contributed by atoms with van der Waals surface area (Å²) >= 11 is 0. The molecule has 0 fully saturated rings. The Kier molecular flexibility index (Phi) is 5.21. The molecule has 1 N–H and O–H groups in total. The van der Waals surface area contributed by atoms with Gasteiger partial charge in [0.2, 0.25) is 0 Å². The first-order valence-electron chi connectivity index (χ1n) is 7.10. The van der Waals surface area contributed by atoms with Crippen LogP contribution in [-0.4, -0.2) is 26.4 Å². The van der Waals surface area contributed by atoms with E-state index in [1.807, 2.05) is 24.3 Å². The van der Waals surface area contributed by atoms with Crippen molar-refractivity contribution >= 4 is 9.84 Å². The van der Waals surface area contributed by atoms with Gasteiger partial charge in [0.25, 0.3) is 0 Å². The SMILES string of the molecule is CCc1ccc(OCC(O)c2ccc(S(C)(=O)=O)cc2)cc1. The van der Waals surface area contributed by atoms with Crippen molar-refractivity contribution in [1.29, 1.82) is 0 Å². The predicted octanol–water partition coefficient (Wildman–Crippen LogP) is 2.76. The van der Waals surface area contributed by atoms with Crippen molar-refractivity contribution in [2.75, 3.05) is 12.9 Å². The number of aryl methyl sites for hydroxylation is 1. The molecular formula is C17H20O4S. The summed E-state index contributed by atoms with van der Waals surface area (Å²) in [4.78, 5) is 0.236. The van der Waals surface area contributed by atoms with Gasteiger partial charge in [-0.05, 0) is 41.8 Å². The number of hydrogen-bond acceptors (Lipinski definition) is 4. The van der Waals surface area contributed by atoms with Crippen LogP contribution in [0.15, 0.2) is 53.4 Å². The van der Waals surface area contributed by atoms with Gasteiger partial charge < -0.3 is 9.84 Å². The van der Waals surface area contributed by atoms with E-state index in [0.29, 0.717) is 11.3 Å². The summed E-state index contributed by atoms with van der Waals surface area (Å²) in [5, 5.41) is 10.1. The van der Waals surface area contributed by atoms with E-state index in [2.05, 4.69) is 6.92 Å². The zero-order chi connectivity index (χ0) is 16.2. The summed E-state index contributed by atoms with van der Waals surface area (Å²) in [6.45, 7) is 2.20. The average molecular weight is 320 g/mol. The van der Waals surface area contributed by atoms with Crippen molar-refractivity contribution in [2.45, 2.75) is 24.3 Å². The van der Waals surface area contributed by atoms with E-state index in [1.54, 1.807) is 12.1 Å². The van der Waals surface area contributed by atoms with E-state index in [0.717, 1.165) is 12.7 Å². The minimum Gasteiger partial charge on any atom is -0.491 e. The third-order valence-corrected chi connectivity index (χ3v) is 4.56. The number of rotatable bonds is 6. The number of hydrogen-bond donors (Lipinski definition) is 1. The molecule has 1 atom stereocenters. The van der Waals surface area contributed by atoms with Crippen LogP contribution in [0.25, 0.3) is 0 Å². The minimum absolute atomic E-state index is 0.115. The zero-order valence-electron chi connectivity index (χ0n) is 12.7. The molecule has 4 nitrogen and oxygen atoms in total. The second-order valence-electron chi connectivity index (χ2n) is 5.17. The minimum atomic E-state index is -3.22. The third kappa shape index (κ3) is 4.32. The van der Waals surface area contributed by atoms with Gasteiger partial charge in [0.1, 0.15) is 18.5 Å². The Labute approximate surface area is 131 Å². The molecule has 0 aromatic heterocycles. The Morgan fingerprint density at radius 1 is 1.05 bits per heavy atom. The molecular weight excluding hydrogens is 300 g/mol. The van der Waals surface area contributed by atoms with Gasteiger partial charge in [-0.2, -0.15) is 0 Å². The standard InChI is InChI=1S/C17H20O4S/c1-3-13-4-8-15(9-5-13)21-12-17(18)14-6-10-16(11-7-14)22(2,19)20/h4-11,17-18H,3,12H2,1-2H3. The lowest BCUT2D eigenvalue weighted by atomic mass is 10.1. The van der Waals surface area contributed by atoms with E-state index < -0.39 is 15.9 Å². The van der Waals surface area contributed by atoms with Crippen molar-refractivity contribution in [1.82, 2.24) is 0 Å². The Hall–Kier alpha value is -1.85. The topological polar surface area (TPSA) is 63.6 Å². The van der Waals surface area contributed by atoms with Crippen LogP contribution in [0.5, 0.6) is 5.75 Å². The van der Waals surface area contributed by atoms with Gasteiger partial charge in [0.05, 0.1) is 4.90 Å². The molecule has 118 valence electrons. The molecule has 0 bridgehead atoms. The molecule has 0 spiro atoms. The molecule has 0 saturated carbocycles. The predicted molar refractivity (Wildman–Crippen MR) is 85.8 cm³/mol. The van der Waals surface area contributed by atoms with E-state index in [4.69, 9.17) is 4.74 Å². The number of aliphatic hydroxyl groups is 1. The van der Waals surface area contributed by atoms with Crippen LogP contribution in [0.4, 0.5) is 0 Å². The first-order valence-corrected chi connectivity index (χ1v) is 8.99. The zero-order valence-corrected chi connectivity index (χ0v) is 13.5. The van der Waals surface area contributed by atoms with Crippen molar-refractivity contribution in [2.24, 2.45) is 0 Å². The van der Waals surface area contributed by atoms with Gasteiger partial charge in [-0.3, -0.25) is 0 Å². The van der Waals surface area contributed by atoms with Gasteiger partial charge >= 0.3 is 0 Å². The van der Waals surface area contributed by atoms with Gasteiger partial charge in [0, 0.05) is 6.26 Å². The van der Waals surface area contributed by atoms with Crippen LogP contribution in [0.1, 0.15) is 24.2 Å². The first kappa shape index (κ1) is 16.5. The summed E-state index contributed by atoms with van der Waals surface area (Å²) < 4.78 is 28.3. The number of benzene rings is 2. The maximum atomic E-state index is 11.4. The molecule has 2 aromatic rings. The fourth-order valence-electron chi connectivity index (χ4n) is 2.03. The van der Waals surface area contributed by atoms with Crippen LogP contribution in [0.2, 0.25) is 0 Å². The Bertz CT molecular complexity index is 703. The molecule has 1 unspecified atom stereocenters. The molecule has 5 heteroatoms. The van der Waals surface area contributed by atoms with Crippen molar-refractivity contribution in [3.63, 3.8) is 0 Å². The highest BCUT2D eigenvalue weighted by Crippen LogP contribution is 2.19. The summed E-state index contributed by atoms with van der Waals surface area (Å²) in [6.07, 6.45) is 1.32. The average Bonchev–Trinajstić information content (AvgIpc) is 2.52. The normalized spacial score (nSPS) is 12.9. The molecule has 0 aliphatic rings. The fourth-order valence-corrected chi connectivity index (χ4v) is 2.66. The van der Waals surface area contributed by atoms with Crippen molar-refractivity contribution < 1.29 is 18.3 Å². The van der Waals surface area contributed by atoms with E-state index >= 15 is 0 Å². The molecule has 0 aliphatic carbocycles. The number of ether oxygens (including phenoxy) is 1. The summed E-state index contributed by atoms with van der Waals surface area (Å²) in [7, 11) is -3.22. The molecule has 0 heterocycles. The van der Waals surface area contributed by atoms with E-state index in [9.17, 15) is 13.5 Å². The van der Waals surface area contributed by atoms with E-state index in [-0.39, 0.29) is 11.5 Å². The first-order chi connectivity index (χ1) is 10.4. The largest absolute Gasteiger partial charge is 0.491 e. The maximum Gasteiger partial charge on any atom is 0.175 e. The summed E-state index contributed by atoms with van der Waals surface area (Å²) in [5.74, 6) is 0.698. The highest BCUT2D eigenvalue weighted by Gasteiger charge is 2.11. The Balaban J connectivity index is 1.98. The second-order valence-corrected chi connectivity index (χ2v) is 7.18. The molecule has 0 aliphatic heterocycles. The second kappa shape index (κ2) is 6.94. The number of aliphatic hydroxyl groups excluding tert-OH is 1. The molecule has 2 aromatic carbocycles. The van der Waals surface area contributed by atoms with Crippen LogP contribution in [0, 0.1) is 0 Å². The van der Waals surface area contributed by atoms with Crippen molar-refractivity contribution in [3.05, 3.63) is 59.7 Å². The highest BCUT2D eigenvalue weighted by atomic mass is 32.2. The highest BCUT2D eigenvalue weighted by molar-refractivity contribution is 7.90. The fraction of sp³-hybridized carbons (Fsp3) is 0.294. The molecule has 0 amide bonds. The van der Waals surface area contributed by atoms with Crippen molar-refractivity contribution in [3.8, 4) is 5.75 Å². The van der Waals surface area contributed by atoms with E-state index in [1.165, 1.54) is 17.7 Å². The maximum absolute atomic E-state index is 11.4. The Morgan fingerprint density at radius 3 is 2.14 bits per heavy atom. The van der Waals surface area contributed by atoms with Crippen LogP contribution in [-0.2, 0) is 16.3 Å². The quantitative estimate of drug-likeness (QED) is 0.889. The molecule has 0 radical (unpaired) electrons. The van der Waals surface area contributed by atoms with Crippen LogP contribution < -0.4 is 4.74 Å². The summed E-state index contributed by atoms with van der Waals surface area (Å²) in [6, 6.07) is 13.9. The van der Waals surface area contributed by atoms with Crippen LogP contribution in [0.3, 0.4) is 0 Å². The van der Waals surface area contributed by atoms with Gasteiger partial charge in [-0.1, -0.05) is 31.2 Å². The van der Waals surface area contributed by atoms with Gasteiger partial charge in [-0.15, -0.1) is 0 Å². The monoisotopic (exact) mass is 320 g/mol. The van der Waals surface area contributed by atoms with Gasteiger partial charge in [-0.25, -0.2) is 8.42 Å². The molecule has 0 saturated heterocycles. The lowest BCUT2D eigenvalue weighted by molar-refractivity contribution is 0.108. The lowest BCUT2D eigenvalue weighted by Gasteiger charge is -2.13.